The standard InChI is InChI=1S/C17H18N2O3/c1-22-17-9-5-4-8-15(17)18-11-10-13-6-2-3-7-14(13)16(18)12-19(20)21/h2-9,16H,10-12H2,1H3. The van der Waals surface area contributed by atoms with Crippen molar-refractivity contribution in [1.82, 2.24) is 0 Å². The number of para-hydroxylation sites is 2. The van der Waals surface area contributed by atoms with Gasteiger partial charge in [0.15, 0.2) is 0 Å². The van der Waals surface area contributed by atoms with Crippen LogP contribution in [0.1, 0.15) is 17.2 Å². The van der Waals surface area contributed by atoms with Crippen molar-refractivity contribution in [2.24, 2.45) is 0 Å². The topological polar surface area (TPSA) is 55.6 Å². The molecular weight excluding hydrogens is 280 g/mol. The Bertz CT molecular complexity index is 687. The molecule has 0 N–H and O–H groups in total. The van der Waals surface area contributed by atoms with E-state index >= 15 is 0 Å². The summed E-state index contributed by atoms with van der Waals surface area (Å²) in [6, 6.07) is 15.4. The second kappa shape index (κ2) is 6.05. The van der Waals surface area contributed by atoms with Crippen molar-refractivity contribution < 1.29 is 9.66 Å². The third-order valence-electron chi connectivity index (χ3n) is 4.13. The van der Waals surface area contributed by atoms with Gasteiger partial charge in [-0.05, 0) is 29.7 Å². The molecule has 1 aliphatic heterocycles. The lowest BCUT2D eigenvalue weighted by Crippen LogP contribution is -2.39. The second-order valence-corrected chi connectivity index (χ2v) is 5.35. The van der Waals surface area contributed by atoms with Gasteiger partial charge in [-0.1, -0.05) is 36.4 Å². The van der Waals surface area contributed by atoms with Crippen LogP contribution in [0.15, 0.2) is 48.5 Å². The highest BCUT2D eigenvalue weighted by atomic mass is 16.6. The number of fused-ring (bicyclic) bond motifs is 1. The SMILES string of the molecule is COc1ccccc1N1CCc2ccccc2C1C[N+](=O)[O-]. The molecule has 1 heterocycles. The van der Waals surface area contributed by atoms with Gasteiger partial charge in [-0.3, -0.25) is 10.1 Å². The van der Waals surface area contributed by atoms with E-state index in [1.807, 2.05) is 42.5 Å². The van der Waals surface area contributed by atoms with Crippen molar-refractivity contribution in [1.29, 1.82) is 0 Å². The van der Waals surface area contributed by atoms with Crippen LogP contribution in [-0.4, -0.2) is 25.1 Å². The molecule has 0 aromatic heterocycles. The van der Waals surface area contributed by atoms with Crippen LogP contribution >= 0.6 is 0 Å². The van der Waals surface area contributed by atoms with Crippen LogP contribution in [0.5, 0.6) is 5.75 Å². The third-order valence-corrected chi connectivity index (χ3v) is 4.13. The van der Waals surface area contributed by atoms with Gasteiger partial charge in [-0.2, -0.15) is 0 Å². The molecule has 114 valence electrons. The van der Waals surface area contributed by atoms with Gasteiger partial charge in [-0.15, -0.1) is 0 Å². The predicted molar refractivity (Wildman–Crippen MR) is 85.1 cm³/mol. The van der Waals surface area contributed by atoms with Gasteiger partial charge in [0.2, 0.25) is 6.54 Å². The molecule has 5 nitrogen and oxygen atoms in total. The molecule has 3 rings (SSSR count). The molecular formula is C17H18N2O3. The zero-order chi connectivity index (χ0) is 15.5. The van der Waals surface area contributed by atoms with Crippen molar-refractivity contribution in [2.75, 3.05) is 25.1 Å². The Balaban J connectivity index is 2.05. The molecule has 1 aliphatic rings. The van der Waals surface area contributed by atoms with Crippen molar-refractivity contribution >= 4 is 5.69 Å². The minimum atomic E-state index is -0.267. The molecule has 0 bridgehead atoms. The van der Waals surface area contributed by atoms with Crippen LogP contribution < -0.4 is 9.64 Å². The molecule has 5 heteroatoms. The third kappa shape index (κ3) is 2.62. The zero-order valence-corrected chi connectivity index (χ0v) is 12.4. The maximum absolute atomic E-state index is 11.2. The minimum absolute atomic E-state index is 0.116. The van der Waals surface area contributed by atoms with Crippen LogP contribution in [0.3, 0.4) is 0 Å². The Labute approximate surface area is 129 Å². The summed E-state index contributed by atoms with van der Waals surface area (Å²) in [6.07, 6.45) is 0.877. The lowest BCUT2D eigenvalue weighted by molar-refractivity contribution is -0.483. The number of hydrogen-bond donors (Lipinski definition) is 0. The summed E-state index contributed by atoms with van der Waals surface area (Å²) >= 11 is 0. The number of methoxy groups -OCH3 is 1. The summed E-state index contributed by atoms with van der Waals surface area (Å²) in [5.74, 6) is 0.746. The molecule has 0 spiro atoms. The summed E-state index contributed by atoms with van der Waals surface area (Å²) < 4.78 is 5.43. The zero-order valence-electron chi connectivity index (χ0n) is 12.4. The molecule has 0 aliphatic carbocycles. The van der Waals surface area contributed by atoms with Crippen molar-refractivity contribution in [2.45, 2.75) is 12.5 Å². The first-order valence-electron chi connectivity index (χ1n) is 7.30. The number of benzene rings is 2. The predicted octanol–water partition coefficient (Wildman–Crippen LogP) is 3.08. The van der Waals surface area contributed by atoms with E-state index < -0.39 is 0 Å². The van der Waals surface area contributed by atoms with Crippen molar-refractivity contribution in [3.05, 3.63) is 69.8 Å². The highest BCUT2D eigenvalue weighted by molar-refractivity contribution is 5.61. The average molecular weight is 298 g/mol. The van der Waals surface area contributed by atoms with Gasteiger partial charge in [0, 0.05) is 11.5 Å². The molecule has 2 aromatic carbocycles. The highest BCUT2D eigenvalue weighted by Gasteiger charge is 2.32. The van der Waals surface area contributed by atoms with Crippen LogP contribution in [0, 0.1) is 10.1 Å². The average Bonchev–Trinajstić information content (AvgIpc) is 2.55. The Kier molecular flexibility index (Phi) is 3.96. The number of anilines is 1. The number of nitrogens with zero attached hydrogens (tertiary/aromatic N) is 2. The molecule has 0 radical (unpaired) electrons. The Morgan fingerprint density at radius 2 is 1.95 bits per heavy atom. The van der Waals surface area contributed by atoms with E-state index in [1.165, 1.54) is 5.56 Å². The monoisotopic (exact) mass is 298 g/mol. The molecule has 22 heavy (non-hydrogen) atoms. The molecule has 0 amide bonds. The fourth-order valence-corrected chi connectivity index (χ4v) is 3.15. The first-order chi connectivity index (χ1) is 10.7. The largest absolute Gasteiger partial charge is 0.495 e. The maximum Gasteiger partial charge on any atom is 0.228 e. The van der Waals surface area contributed by atoms with E-state index in [0.29, 0.717) is 0 Å². The van der Waals surface area contributed by atoms with E-state index in [1.54, 1.807) is 7.11 Å². The second-order valence-electron chi connectivity index (χ2n) is 5.35. The molecule has 1 atom stereocenters. The lowest BCUT2D eigenvalue weighted by Gasteiger charge is -2.37. The van der Waals surface area contributed by atoms with E-state index in [4.69, 9.17) is 4.74 Å². The number of ether oxygens (including phenoxy) is 1. The van der Waals surface area contributed by atoms with Gasteiger partial charge < -0.3 is 9.64 Å². The van der Waals surface area contributed by atoms with E-state index in [-0.39, 0.29) is 17.5 Å². The Morgan fingerprint density at radius 1 is 1.23 bits per heavy atom. The summed E-state index contributed by atoms with van der Waals surface area (Å²) in [7, 11) is 1.62. The Hall–Kier alpha value is -2.56. The Morgan fingerprint density at radius 3 is 2.73 bits per heavy atom. The fraction of sp³-hybridized carbons (Fsp3) is 0.294. The van der Waals surface area contributed by atoms with Crippen LogP contribution in [0.4, 0.5) is 5.69 Å². The van der Waals surface area contributed by atoms with Gasteiger partial charge in [0.1, 0.15) is 11.8 Å². The van der Waals surface area contributed by atoms with Gasteiger partial charge in [-0.25, -0.2) is 0 Å². The molecule has 0 fully saturated rings. The first kappa shape index (κ1) is 14.4. The molecule has 0 saturated carbocycles. The summed E-state index contributed by atoms with van der Waals surface area (Å²) in [6.45, 7) is 0.630. The first-order valence-corrected chi connectivity index (χ1v) is 7.30. The van der Waals surface area contributed by atoms with Crippen molar-refractivity contribution in [3.63, 3.8) is 0 Å². The van der Waals surface area contributed by atoms with Gasteiger partial charge in [0.05, 0.1) is 12.8 Å². The molecule has 2 aromatic rings. The number of hydrogen-bond acceptors (Lipinski definition) is 4. The normalized spacial score (nSPS) is 17.0. The minimum Gasteiger partial charge on any atom is -0.495 e. The van der Waals surface area contributed by atoms with E-state index in [9.17, 15) is 10.1 Å². The van der Waals surface area contributed by atoms with Crippen LogP contribution in [0.25, 0.3) is 0 Å². The van der Waals surface area contributed by atoms with Crippen molar-refractivity contribution in [3.8, 4) is 5.75 Å². The summed E-state index contributed by atoms with van der Waals surface area (Å²) in [5, 5.41) is 11.2. The number of rotatable bonds is 4. The van der Waals surface area contributed by atoms with Crippen LogP contribution in [0.2, 0.25) is 0 Å². The number of nitro groups is 1. The molecule has 0 saturated heterocycles. The smallest absolute Gasteiger partial charge is 0.228 e. The van der Waals surface area contributed by atoms with E-state index in [0.717, 1.165) is 30.0 Å². The van der Waals surface area contributed by atoms with E-state index in [2.05, 4.69) is 11.0 Å². The van der Waals surface area contributed by atoms with Crippen LogP contribution in [-0.2, 0) is 6.42 Å². The summed E-state index contributed by atoms with van der Waals surface area (Å²) in [5.41, 5.74) is 3.14. The van der Waals surface area contributed by atoms with Gasteiger partial charge in [0.25, 0.3) is 0 Å². The fourth-order valence-electron chi connectivity index (χ4n) is 3.15. The quantitative estimate of drug-likeness (QED) is 0.643. The maximum atomic E-state index is 11.2. The summed E-state index contributed by atoms with van der Waals surface area (Å²) in [4.78, 5) is 13.0. The highest BCUT2D eigenvalue weighted by Crippen LogP contribution is 2.38. The molecule has 1 unspecified atom stereocenters. The lowest BCUT2D eigenvalue weighted by atomic mass is 9.92. The van der Waals surface area contributed by atoms with Gasteiger partial charge >= 0.3 is 0 Å².